The second kappa shape index (κ2) is 6.94. The van der Waals surface area contributed by atoms with Crippen molar-refractivity contribution in [2.45, 2.75) is 13.3 Å². The Morgan fingerprint density at radius 3 is 3.07 bits per heavy atom. The van der Waals surface area contributed by atoms with Crippen molar-refractivity contribution >= 4 is 33.1 Å². The van der Waals surface area contributed by atoms with Gasteiger partial charge in [0.25, 0.3) is 0 Å². The summed E-state index contributed by atoms with van der Waals surface area (Å²) in [6.45, 7) is 7.24. The number of aryl methyl sites for hydroxylation is 1. The molecule has 0 aliphatic carbocycles. The van der Waals surface area contributed by atoms with Crippen molar-refractivity contribution in [3.05, 3.63) is 58.9 Å². The van der Waals surface area contributed by atoms with Gasteiger partial charge in [-0.3, -0.25) is 0 Å². The van der Waals surface area contributed by atoms with E-state index < -0.39 is 0 Å². The van der Waals surface area contributed by atoms with Crippen molar-refractivity contribution in [2.75, 3.05) is 32.7 Å². The van der Waals surface area contributed by atoms with Crippen molar-refractivity contribution < 1.29 is 0 Å². The molecular weight excluding hydrogens is 354 g/mol. The molecule has 2 aromatic rings. The molecular formula is C21H23N5S. The quantitative estimate of drug-likeness (QED) is 0.872. The smallest absolute Gasteiger partial charge is 0.133 e. The molecule has 0 bridgehead atoms. The first-order chi connectivity index (χ1) is 13.3. The summed E-state index contributed by atoms with van der Waals surface area (Å²) < 4.78 is 1.23. The first-order valence-electron chi connectivity index (χ1n) is 9.55. The molecule has 1 aromatic carbocycles. The van der Waals surface area contributed by atoms with Gasteiger partial charge in [-0.2, -0.15) is 0 Å². The molecule has 5 nitrogen and oxygen atoms in total. The number of fused-ring (bicyclic) bond motifs is 2. The highest BCUT2D eigenvalue weighted by molar-refractivity contribution is 7.18. The molecule has 1 saturated heterocycles. The van der Waals surface area contributed by atoms with Gasteiger partial charge in [-0.05, 0) is 50.3 Å². The molecule has 5 rings (SSSR count). The standard InChI is InChI=1S/C21H23N5S/c1-15-23-19-5-3-16(13-20(19)27-15)18-7-11-26-14-17(4-6-21(26)24-18)25-10-2-8-22-9-12-25/h3-7,13-14,22H,2,8-12H2,1H3. The van der Waals surface area contributed by atoms with Crippen LogP contribution >= 0.6 is 11.3 Å². The van der Waals surface area contributed by atoms with Crippen LogP contribution in [0.5, 0.6) is 0 Å². The maximum atomic E-state index is 4.91. The number of allylic oxidation sites excluding steroid dienone is 1. The number of aliphatic imine (C=N–C) groups is 1. The van der Waals surface area contributed by atoms with Crippen molar-refractivity contribution in [1.29, 1.82) is 0 Å². The Morgan fingerprint density at radius 2 is 2.11 bits per heavy atom. The third-order valence-corrected chi connectivity index (χ3v) is 6.13. The van der Waals surface area contributed by atoms with Crippen LogP contribution in [0.4, 0.5) is 0 Å². The number of nitrogens with zero attached hydrogens (tertiary/aromatic N) is 4. The maximum Gasteiger partial charge on any atom is 0.133 e. The van der Waals surface area contributed by atoms with Gasteiger partial charge in [0, 0.05) is 37.9 Å². The van der Waals surface area contributed by atoms with E-state index in [1.807, 2.05) is 0 Å². The molecule has 27 heavy (non-hydrogen) atoms. The normalized spacial score (nSPS) is 20.1. The van der Waals surface area contributed by atoms with E-state index in [-0.39, 0.29) is 0 Å². The molecule has 0 atom stereocenters. The molecule has 1 aromatic heterocycles. The second-order valence-electron chi connectivity index (χ2n) is 7.11. The Bertz CT molecular complexity index is 989. The number of thiazole rings is 1. The van der Waals surface area contributed by atoms with Gasteiger partial charge in [0.2, 0.25) is 0 Å². The van der Waals surface area contributed by atoms with Gasteiger partial charge >= 0.3 is 0 Å². The van der Waals surface area contributed by atoms with Crippen LogP contribution < -0.4 is 5.32 Å². The molecule has 138 valence electrons. The lowest BCUT2D eigenvalue weighted by Gasteiger charge is -2.31. The lowest BCUT2D eigenvalue weighted by Crippen LogP contribution is -2.34. The number of hydrogen-bond acceptors (Lipinski definition) is 6. The average molecular weight is 378 g/mol. The zero-order chi connectivity index (χ0) is 18.2. The van der Waals surface area contributed by atoms with Crippen LogP contribution in [0.3, 0.4) is 0 Å². The number of benzene rings is 1. The summed E-state index contributed by atoms with van der Waals surface area (Å²) in [5, 5.41) is 4.57. The van der Waals surface area contributed by atoms with Gasteiger partial charge in [0.1, 0.15) is 5.84 Å². The Hall–Kier alpha value is -2.44. The topological polar surface area (TPSA) is 43.8 Å². The van der Waals surface area contributed by atoms with Crippen LogP contribution in [0.1, 0.15) is 17.0 Å². The molecule has 3 aliphatic heterocycles. The first-order valence-corrected chi connectivity index (χ1v) is 10.4. The minimum absolute atomic E-state index is 0.855. The summed E-state index contributed by atoms with van der Waals surface area (Å²) in [5.74, 6) is 1.02. The fourth-order valence-electron chi connectivity index (χ4n) is 3.80. The van der Waals surface area contributed by atoms with Crippen molar-refractivity contribution in [2.24, 2.45) is 4.99 Å². The molecule has 0 unspecified atom stereocenters. The summed E-state index contributed by atoms with van der Waals surface area (Å²) in [6, 6.07) is 6.44. The number of hydrogen-bond donors (Lipinski definition) is 1. The van der Waals surface area contributed by atoms with Crippen LogP contribution in [0.2, 0.25) is 0 Å². The van der Waals surface area contributed by atoms with Gasteiger partial charge in [0.15, 0.2) is 0 Å². The number of rotatable bonds is 2. The van der Waals surface area contributed by atoms with Crippen LogP contribution in [0, 0.1) is 6.92 Å². The van der Waals surface area contributed by atoms with E-state index in [1.54, 1.807) is 11.3 Å². The van der Waals surface area contributed by atoms with E-state index in [1.165, 1.54) is 22.4 Å². The van der Waals surface area contributed by atoms with E-state index in [9.17, 15) is 0 Å². The van der Waals surface area contributed by atoms with E-state index in [2.05, 4.69) is 69.7 Å². The van der Waals surface area contributed by atoms with Crippen LogP contribution in [0.25, 0.3) is 15.9 Å². The van der Waals surface area contributed by atoms with Gasteiger partial charge in [-0.1, -0.05) is 6.07 Å². The lowest BCUT2D eigenvalue weighted by molar-refractivity contribution is 0.369. The van der Waals surface area contributed by atoms with Crippen LogP contribution in [-0.2, 0) is 0 Å². The predicted molar refractivity (Wildman–Crippen MR) is 113 cm³/mol. The Balaban J connectivity index is 1.38. The molecule has 0 saturated carbocycles. The SMILES string of the molecule is Cc1nc2ccc(C3=CCN4C=C(N5CCCNCC5)C=CC4=N3)cc2s1. The van der Waals surface area contributed by atoms with Gasteiger partial charge < -0.3 is 15.1 Å². The van der Waals surface area contributed by atoms with Crippen molar-refractivity contribution in [1.82, 2.24) is 20.1 Å². The molecule has 0 spiro atoms. The van der Waals surface area contributed by atoms with E-state index >= 15 is 0 Å². The monoisotopic (exact) mass is 377 g/mol. The summed E-state index contributed by atoms with van der Waals surface area (Å²) in [4.78, 5) is 14.2. The minimum atomic E-state index is 0.855. The number of amidine groups is 1. The van der Waals surface area contributed by atoms with E-state index in [0.29, 0.717) is 0 Å². The second-order valence-corrected chi connectivity index (χ2v) is 8.34. The molecule has 0 amide bonds. The highest BCUT2D eigenvalue weighted by atomic mass is 32.1. The fourth-order valence-corrected chi connectivity index (χ4v) is 4.67. The zero-order valence-electron chi connectivity index (χ0n) is 15.5. The van der Waals surface area contributed by atoms with E-state index in [4.69, 9.17) is 4.99 Å². The third kappa shape index (κ3) is 3.31. The van der Waals surface area contributed by atoms with Gasteiger partial charge in [0.05, 0.1) is 26.6 Å². The zero-order valence-corrected chi connectivity index (χ0v) is 16.3. The number of nitrogens with one attached hydrogen (secondary N) is 1. The predicted octanol–water partition coefficient (Wildman–Crippen LogP) is 3.37. The van der Waals surface area contributed by atoms with Crippen LogP contribution in [0.15, 0.2) is 53.3 Å². The average Bonchev–Trinajstić information content (AvgIpc) is 2.89. The van der Waals surface area contributed by atoms with Crippen molar-refractivity contribution in [3.63, 3.8) is 0 Å². The largest absolute Gasteiger partial charge is 0.369 e. The first kappa shape index (κ1) is 16.7. The number of aromatic nitrogens is 1. The fraction of sp³-hybridized carbons (Fsp3) is 0.333. The summed E-state index contributed by atoms with van der Waals surface area (Å²) in [6.07, 6.45) is 10.0. The highest BCUT2D eigenvalue weighted by Gasteiger charge is 2.20. The van der Waals surface area contributed by atoms with E-state index in [0.717, 1.165) is 54.8 Å². The Labute approximate surface area is 163 Å². The molecule has 1 N–H and O–H groups in total. The van der Waals surface area contributed by atoms with Crippen LogP contribution in [-0.4, -0.2) is 53.3 Å². The maximum absolute atomic E-state index is 4.91. The Kier molecular flexibility index (Phi) is 4.30. The molecule has 6 heteroatoms. The van der Waals surface area contributed by atoms with Crippen molar-refractivity contribution in [3.8, 4) is 0 Å². The summed E-state index contributed by atoms with van der Waals surface area (Å²) in [5.41, 5.74) is 4.58. The molecule has 1 fully saturated rings. The summed E-state index contributed by atoms with van der Waals surface area (Å²) in [7, 11) is 0. The third-order valence-electron chi connectivity index (χ3n) is 5.20. The molecule has 0 radical (unpaired) electrons. The Morgan fingerprint density at radius 1 is 1.15 bits per heavy atom. The van der Waals surface area contributed by atoms with Gasteiger partial charge in [-0.15, -0.1) is 11.3 Å². The minimum Gasteiger partial charge on any atom is -0.369 e. The van der Waals surface area contributed by atoms with Gasteiger partial charge in [-0.25, -0.2) is 9.98 Å². The highest BCUT2D eigenvalue weighted by Crippen LogP contribution is 2.29. The molecule has 4 heterocycles. The summed E-state index contributed by atoms with van der Waals surface area (Å²) >= 11 is 1.74. The molecule has 3 aliphatic rings. The lowest BCUT2D eigenvalue weighted by atomic mass is 10.1.